The van der Waals surface area contributed by atoms with E-state index < -0.39 is 23.6 Å². The predicted octanol–water partition coefficient (Wildman–Crippen LogP) is 3.47. The summed E-state index contributed by atoms with van der Waals surface area (Å²) in [5.41, 5.74) is 2.02. The summed E-state index contributed by atoms with van der Waals surface area (Å²) in [7, 11) is 1.71. The molecule has 0 aliphatic carbocycles. The van der Waals surface area contributed by atoms with Gasteiger partial charge in [0.15, 0.2) is 0 Å². The van der Waals surface area contributed by atoms with Gasteiger partial charge in [0, 0.05) is 39.5 Å². The van der Waals surface area contributed by atoms with Gasteiger partial charge in [-0.15, -0.1) is 0 Å². The number of ether oxygens (including phenoxy) is 1. The van der Waals surface area contributed by atoms with E-state index in [2.05, 4.69) is 20.5 Å². The van der Waals surface area contributed by atoms with Gasteiger partial charge in [0.2, 0.25) is 17.7 Å². The maximum absolute atomic E-state index is 13.4. The highest BCUT2D eigenvalue weighted by Gasteiger charge is 2.42. The van der Waals surface area contributed by atoms with E-state index in [0.717, 1.165) is 43.6 Å². The zero-order valence-electron chi connectivity index (χ0n) is 26.1. The van der Waals surface area contributed by atoms with E-state index in [1.807, 2.05) is 18.2 Å². The van der Waals surface area contributed by atoms with Gasteiger partial charge in [-0.3, -0.25) is 34.2 Å². The van der Waals surface area contributed by atoms with E-state index in [0.29, 0.717) is 30.0 Å². The van der Waals surface area contributed by atoms with Gasteiger partial charge in [0.1, 0.15) is 17.5 Å². The number of imidazole rings is 1. The van der Waals surface area contributed by atoms with Crippen LogP contribution in [0.1, 0.15) is 65.3 Å². The number of nitrogens with zero attached hydrogens (tertiary/aromatic N) is 5. The predicted molar refractivity (Wildman–Crippen MR) is 168 cm³/mol. The number of aryl methyl sites for hydroxylation is 1. The average Bonchev–Trinajstić information content (AvgIpc) is 3.23. The fourth-order valence-corrected chi connectivity index (χ4v) is 6.83. The third kappa shape index (κ3) is 5.90. The van der Waals surface area contributed by atoms with E-state index >= 15 is 0 Å². The quantitative estimate of drug-likeness (QED) is 0.423. The fourth-order valence-electron chi connectivity index (χ4n) is 6.83. The molecule has 2 aromatic heterocycles. The Morgan fingerprint density at radius 3 is 2.42 bits per heavy atom. The van der Waals surface area contributed by atoms with Crippen molar-refractivity contribution in [3.05, 3.63) is 47.0 Å². The van der Waals surface area contributed by atoms with E-state index in [1.54, 1.807) is 55.6 Å². The second kappa shape index (κ2) is 11.4. The summed E-state index contributed by atoms with van der Waals surface area (Å²) < 4.78 is 8.37. The van der Waals surface area contributed by atoms with Gasteiger partial charge in [0.05, 0.1) is 28.6 Å². The highest BCUT2D eigenvalue weighted by molar-refractivity contribution is 6.00. The highest BCUT2D eigenvalue weighted by atomic mass is 16.6. The van der Waals surface area contributed by atoms with Gasteiger partial charge >= 0.3 is 11.8 Å². The number of piperidine rings is 3. The normalized spacial score (nSPS) is 20.4. The van der Waals surface area contributed by atoms with Crippen molar-refractivity contribution in [2.24, 2.45) is 12.5 Å². The average molecular weight is 618 g/mol. The Labute approximate surface area is 260 Å². The molecule has 0 radical (unpaired) electrons. The number of pyridine rings is 1. The molecule has 4 amide bonds. The van der Waals surface area contributed by atoms with Crippen molar-refractivity contribution in [3.63, 3.8) is 0 Å². The molecule has 3 aliphatic rings. The highest BCUT2D eigenvalue weighted by Crippen LogP contribution is 2.44. The number of amides is 4. The molecule has 1 spiro atoms. The molecule has 3 saturated heterocycles. The molecule has 3 aromatic rings. The number of hydrogen-bond acceptors (Lipinski definition) is 8. The molecule has 6 rings (SSSR count). The van der Waals surface area contributed by atoms with Gasteiger partial charge in [-0.25, -0.2) is 14.6 Å². The van der Waals surface area contributed by atoms with E-state index in [4.69, 9.17) is 4.74 Å². The van der Waals surface area contributed by atoms with Gasteiger partial charge in [-0.05, 0) is 76.1 Å². The lowest BCUT2D eigenvalue weighted by Gasteiger charge is -2.46. The van der Waals surface area contributed by atoms with Crippen LogP contribution in [0.4, 0.5) is 22.0 Å². The Balaban J connectivity index is 1.12. The molecule has 0 saturated carbocycles. The molecule has 3 aliphatic heterocycles. The number of aromatic nitrogens is 3. The number of benzene rings is 1. The summed E-state index contributed by atoms with van der Waals surface area (Å²) in [5.74, 6) is -0.373. The summed E-state index contributed by atoms with van der Waals surface area (Å²) >= 11 is 0. The van der Waals surface area contributed by atoms with Crippen molar-refractivity contribution in [2.45, 2.75) is 70.9 Å². The molecular formula is C32H39N7O6. The third-order valence-electron chi connectivity index (χ3n) is 9.15. The van der Waals surface area contributed by atoms with E-state index in [-0.39, 0.29) is 35.8 Å². The van der Waals surface area contributed by atoms with Gasteiger partial charge in [-0.1, -0.05) is 6.07 Å². The van der Waals surface area contributed by atoms with Crippen molar-refractivity contribution in [1.82, 2.24) is 19.4 Å². The number of fused-ring (bicyclic) bond motifs is 1. The van der Waals surface area contributed by atoms with Crippen LogP contribution in [0.3, 0.4) is 0 Å². The van der Waals surface area contributed by atoms with Crippen molar-refractivity contribution >= 4 is 52.0 Å². The standard InChI is InChI=1S/C32H39N7O6/c1-31(2,3)45-29(43)34-24-10-8-20(19-33-24)38-17-14-32(18-26(38)41)12-15-37(16-13-32)21-6-5-7-22-27(21)36(4)30(44)39(22)23-9-11-25(40)35-28(23)42/h5-8,10,19,23H,9,11-18H2,1-4H3,(H,33,34,43)(H,35,40,42). The molecule has 0 bridgehead atoms. The topological polar surface area (TPSA) is 148 Å². The monoisotopic (exact) mass is 617 g/mol. The molecule has 238 valence electrons. The van der Waals surface area contributed by atoms with Crippen molar-refractivity contribution in [2.75, 3.05) is 34.8 Å². The number of carbonyl (C=O) groups is 4. The second-order valence-electron chi connectivity index (χ2n) is 13.3. The lowest BCUT2D eigenvalue weighted by Crippen LogP contribution is -2.49. The Morgan fingerprint density at radius 1 is 1.04 bits per heavy atom. The van der Waals surface area contributed by atoms with Crippen LogP contribution in [0.5, 0.6) is 0 Å². The van der Waals surface area contributed by atoms with Crippen LogP contribution in [0.25, 0.3) is 11.0 Å². The van der Waals surface area contributed by atoms with Crippen LogP contribution in [0, 0.1) is 5.41 Å². The maximum Gasteiger partial charge on any atom is 0.413 e. The smallest absolute Gasteiger partial charge is 0.413 e. The molecule has 13 nitrogen and oxygen atoms in total. The first-order valence-corrected chi connectivity index (χ1v) is 15.4. The second-order valence-corrected chi connectivity index (χ2v) is 13.3. The van der Waals surface area contributed by atoms with Crippen LogP contribution in [-0.4, -0.2) is 63.2 Å². The number of imide groups is 1. The molecule has 1 unspecified atom stereocenters. The van der Waals surface area contributed by atoms with Gasteiger partial charge < -0.3 is 14.5 Å². The SMILES string of the molecule is Cn1c(=O)n(C2CCC(=O)NC2=O)c2cccc(N3CCC4(CC3)CCN(c3ccc(NC(=O)OC(C)(C)C)nc3)C(=O)C4)c21. The van der Waals surface area contributed by atoms with Gasteiger partial charge in [-0.2, -0.15) is 0 Å². The minimum Gasteiger partial charge on any atom is -0.444 e. The molecule has 45 heavy (non-hydrogen) atoms. The third-order valence-corrected chi connectivity index (χ3v) is 9.15. The van der Waals surface area contributed by atoms with Crippen LogP contribution >= 0.6 is 0 Å². The largest absolute Gasteiger partial charge is 0.444 e. The molecule has 1 atom stereocenters. The molecule has 1 aromatic carbocycles. The van der Waals surface area contributed by atoms with Crippen LogP contribution in [0.2, 0.25) is 0 Å². The van der Waals surface area contributed by atoms with E-state index in [9.17, 15) is 24.0 Å². The van der Waals surface area contributed by atoms with Crippen LogP contribution < -0.4 is 26.1 Å². The van der Waals surface area contributed by atoms with Crippen molar-refractivity contribution < 1.29 is 23.9 Å². The number of anilines is 3. The lowest BCUT2D eigenvalue weighted by atomic mass is 9.71. The Hall–Kier alpha value is -4.68. The first-order valence-electron chi connectivity index (χ1n) is 15.4. The number of nitrogens with one attached hydrogen (secondary N) is 2. The van der Waals surface area contributed by atoms with Crippen molar-refractivity contribution in [3.8, 4) is 0 Å². The minimum atomic E-state index is -0.734. The fraction of sp³-hybridized carbons (Fsp3) is 0.500. The zero-order valence-corrected chi connectivity index (χ0v) is 26.1. The first-order chi connectivity index (χ1) is 21.3. The Bertz CT molecular complexity index is 1730. The summed E-state index contributed by atoms with van der Waals surface area (Å²) in [6.45, 7) is 7.41. The number of rotatable bonds is 4. The molecular weight excluding hydrogens is 578 g/mol. The van der Waals surface area contributed by atoms with Gasteiger partial charge in [0.25, 0.3) is 0 Å². The number of carbonyl (C=O) groups excluding carboxylic acids is 4. The number of para-hydroxylation sites is 1. The Kier molecular flexibility index (Phi) is 7.66. The lowest BCUT2D eigenvalue weighted by molar-refractivity contribution is -0.135. The summed E-state index contributed by atoms with van der Waals surface area (Å²) in [6.07, 6.45) is 4.45. The molecule has 13 heteroatoms. The van der Waals surface area contributed by atoms with E-state index in [1.165, 1.54) is 4.57 Å². The minimum absolute atomic E-state index is 0.0511. The van der Waals surface area contributed by atoms with Crippen LogP contribution in [-0.2, 0) is 26.2 Å². The molecule has 3 fully saturated rings. The summed E-state index contributed by atoms with van der Waals surface area (Å²) in [6, 6.07) is 8.45. The number of hydrogen-bond donors (Lipinski definition) is 2. The summed E-state index contributed by atoms with van der Waals surface area (Å²) in [4.78, 5) is 71.5. The maximum atomic E-state index is 13.4. The Morgan fingerprint density at radius 2 is 1.78 bits per heavy atom. The first kappa shape index (κ1) is 30.4. The summed E-state index contributed by atoms with van der Waals surface area (Å²) in [5, 5.41) is 4.97. The van der Waals surface area contributed by atoms with Crippen molar-refractivity contribution in [1.29, 1.82) is 0 Å². The zero-order chi connectivity index (χ0) is 32.1. The molecule has 5 heterocycles. The molecule has 2 N–H and O–H groups in total. The van der Waals surface area contributed by atoms with Crippen LogP contribution in [0.15, 0.2) is 41.3 Å².